The van der Waals surface area contributed by atoms with Crippen LogP contribution in [-0.4, -0.2) is 14.5 Å². The third kappa shape index (κ3) is 3.96. The Hall–Kier alpha value is -4.06. The van der Waals surface area contributed by atoms with E-state index in [1.807, 2.05) is 48.5 Å². The Morgan fingerprint density at radius 3 is 2.31 bits per heavy atom. The molecular formula is C23H17N3O3. The lowest BCUT2D eigenvalue weighted by Gasteiger charge is -2.11. The van der Waals surface area contributed by atoms with Crippen LogP contribution < -0.4 is 5.56 Å². The van der Waals surface area contributed by atoms with Crippen molar-refractivity contribution < 1.29 is 4.92 Å². The fourth-order valence-corrected chi connectivity index (χ4v) is 3.11. The topological polar surface area (TPSA) is 78.0 Å². The number of hydrogen-bond acceptors (Lipinski definition) is 4. The van der Waals surface area contributed by atoms with Crippen LogP contribution in [0.2, 0.25) is 0 Å². The predicted octanol–water partition coefficient (Wildman–Crippen LogP) is 4.52. The summed E-state index contributed by atoms with van der Waals surface area (Å²) in [7, 11) is 0. The predicted molar refractivity (Wildman–Crippen MR) is 114 cm³/mol. The van der Waals surface area contributed by atoms with Crippen LogP contribution in [0.3, 0.4) is 0 Å². The van der Waals surface area contributed by atoms with Crippen LogP contribution in [0.25, 0.3) is 23.1 Å². The molecule has 0 radical (unpaired) electrons. The monoisotopic (exact) mass is 383 g/mol. The van der Waals surface area contributed by atoms with Crippen molar-refractivity contribution in [3.05, 3.63) is 116 Å². The minimum atomic E-state index is -0.435. The second-order valence-electron chi connectivity index (χ2n) is 6.55. The van der Waals surface area contributed by atoms with Gasteiger partial charge in [0.25, 0.3) is 11.2 Å². The number of nitrogens with zero attached hydrogens (tertiary/aromatic N) is 3. The quantitative estimate of drug-likeness (QED) is 0.375. The average molecular weight is 383 g/mol. The Balaban J connectivity index is 1.78. The Labute approximate surface area is 166 Å². The van der Waals surface area contributed by atoms with Gasteiger partial charge in [-0.25, -0.2) is 4.98 Å². The van der Waals surface area contributed by atoms with Gasteiger partial charge < -0.3 is 0 Å². The summed E-state index contributed by atoms with van der Waals surface area (Å²) in [6.45, 7) is 0.400. The molecule has 0 aliphatic heterocycles. The molecular weight excluding hydrogens is 366 g/mol. The third-order valence-electron chi connectivity index (χ3n) is 4.60. The Morgan fingerprint density at radius 2 is 1.59 bits per heavy atom. The number of nitro benzene ring substituents is 1. The van der Waals surface area contributed by atoms with E-state index >= 15 is 0 Å². The number of nitro groups is 1. The van der Waals surface area contributed by atoms with Crippen molar-refractivity contribution in [3.63, 3.8) is 0 Å². The van der Waals surface area contributed by atoms with Crippen LogP contribution in [0.1, 0.15) is 17.0 Å². The Kier molecular flexibility index (Phi) is 4.99. The van der Waals surface area contributed by atoms with Crippen molar-refractivity contribution in [1.82, 2.24) is 9.55 Å². The molecule has 1 heterocycles. The molecule has 0 saturated heterocycles. The number of rotatable bonds is 5. The highest BCUT2D eigenvalue weighted by Gasteiger charge is 2.10. The molecule has 4 aromatic rings. The smallest absolute Gasteiger partial charge is 0.269 e. The minimum Gasteiger partial charge on any atom is -0.288 e. The molecule has 0 saturated carbocycles. The van der Waals surface area contributed by atoms with Crippen molar-refractivity contribution in [2.24, 2.45) is 0 Å². The molecule has 0 aliphatic carbocycles. The van der Waals surface area contributed by atoms with Gasteiger partial charge in [-0.3, -0.25) is 19.5 Å². The van der Waals surface area contributed by atoms with Gasteiger partial charge >= 0.3 is 0 Å². The van der Waals surface area contributed by atoms with Crippen molar-refractivity contribution in [3.8, 4) is 0 Å². The van der Waals surface area contributed by atoms with Crippen LogP contribution >= 0.6 is 0 Å². The number of benzene rings is 3. The SMILES string of the molecule is O=c1c2ccccc2nc(C=Cc2ccc([N+](=O)[O-])cc2)n1Cc1ccccc1. The molecule has 0 amide bonds. The maximum absolute atomic E-state index is 13.1. The van der Waals surface area contributed by atoms with Crippen LogP contribution in [0.15, 0.2) is 83.7 Å². The maximum atomic E-state index is 13.1. The largest absolute Gasteiger partial charge is 0.288 e. The zero-order chi connectivity index (χ0) is 20.2. The molecule has 29 heavy (non-hydrogen) atoms. The first-order valence-corrected chi connectivity index (χ1v) is 9.08. The molecule has 0 N–H and O–H groups in total. The zero-order valence-electron chi connectivity index (χ0n) is 15.4. The fourth-order valence-electron chi connectivity index (χ4n) is 3.11. The van der Waals surface area contributed by atoms with E-state index in [0.29, 0.717) is 23.3 Å². The molecule has 6 nitrogen and oxygen atoms in total. The second-order valence-corrected chi connectivity index (χ2v) is 6.55. The summed E-state index contributed by atoms with van der Waals surface area (Å²) in [6.07, 6.45) is 3.56. The Bertz CT molecular complexity index is 1260. The van der Waals surface area contributed by atoms with Crippen molar-refractivity contribution in [2.75, 3.05) is 0 Å². The first kappa shape index (κ1) is 18.3. The number of non-ortho nitro benzene ring substituents is 1. The number of para-hydroxylation sites is 1. The number of fused-ring (bicyclic) bond motifs is 1. The van der Waals surface area contributed by atoms with Gasteiger partial charge in [0.2, 0.25) is 0 Å². The first-order valence-electron chi connectivity index (χ1n) is 9.08. The van der Waals surface area contributed by atoms with E-state index in [1.54, 1.807) is 34.9 Å². The van der Waals surface area contributed by atoms with Gasteiger partial charge in [0, 0.05) is 12.1 Å². The van der Waals surface area contributed by atoms with E-state index in [1.165, 1.54) is 12.1 Å². The summed E-state index contributed by atoms with van der Waals surface area (Å²) >= 11 is 0. The summed E-state index contributed by atoms with van der Waals surface area (Å²) in [5.74, 6) is 0.524. The zero-order valence-corrected chi connectivity index (χ0v) is 15.4. The molecule has 0 bridgehead atoms. The van der Waals surface area contributed by atoms with Crippen LogP contribution in [-0.2, 0) is 6.54 Å². The van der Waals surface area contributed by atoms with Crippen LogP contribution in [0.5, 0.6) is 0 Å². The summed E-state index contributed by atoms with van der Waals surface area (Å²) < 4.78 is 1.64. The maximum Gasteiger partial charge on any atom is 0.269 e. The van der Waals surface area contributed by atoms with Gasteiger partial charge in [0.15, 0.2) is 0 Å². The first-order chi connectivity index (χ1) is 14.1. The summed E-state index contributed by atoms with van der Waals surface area (Å²) in [5, 5.41) is 11.4. The minimum absolute atomic E-state index is 0.0342. The third-order valence-corrected chi connectivity index (χ3v) is 4.60. The molecule has 0 fully saturated rings. The normalized spacial score (nSPS) is 11.2. The molecule has 0 atom stereocenters. The molecule has 0 spiro atoms. The summed E-state index contributed by atoms with van der Waals surface area (Å²) in [5.41, 5.74) is 2.33. The van der Waals surface area contributed by atoms with Gasteiger partial charge in [-0.2, -0.15) is 0 Å². The molecule has 4 rings (SSSR count). The lowest BCUT2D eigenvalue weighted by atomic mass is 10.1. The second kappa shape index (κ2) is 7.90. The molecule has 0 aliphatic rings. The van der Waals surface area contributed by atoms with E-state index in [0.717, 1.165) is 11.1 Å². The molecule has 6 heteroatoms. The average Bonchev–Trinajstić information content (AvgIpc) is 2.75. The van der Waals surface area contributed by atoms with Crippen molar-refractivity contribution in [2.45, 2.75) is 6.54 Å². The van der Waals surface area contributed by atoms with Gasteiger partial charge in [-0.05, 0) is 41.5 Å². The van der Waals surface area contributed by atoms with Gasteiger partial charge in [-0.1, -0.05) is 48.5 Å². The fraction of sp³-hybridized carbons (Fsp3) is 0.0435. The summed E-state index contributed by atoms with van der Waals surface area (Å²) in [4.78, 5) is 28.1. The van der Waals surface area contributed by atoms with Crippen LogP contribution in [0.4, 0.5) is 5.69 Å². The number of aromatic nitrogens is 2. The Morgan fingerprint density at radius 1 is 0.897 bits per heavy atom. The van der Waals surface area contributed by atoms with E-state index in [4.69, 9.17) is 0 Å². The number of hydrogen-bond donors (Lipinski definition) is 0. The highest BCUT2D eigenvalue weighted by atomic mass is 16.6. The van der Waals surface area contributed by atoms with Gasteiger partial charge in [0.1, 0.15) is 5.82 Å². The highest BCUT2D eigenvalue weighted by Crippen LogP contribution is 2.15. The van der Waals surface area contributed by atoms with Crippen LogP contribution in [0, 0.1) is 10.1 Å². The highest BCUT2D eigenvalue weighted by molar-refractivity contribution is 5.79. The van der Waals surface area contributed by atoms with Gasteiger partial charge in [-0.15, -0.1) is 0 Å². The standard InChI is InChI=1S/C23H17N3O3/c27-23-20-8-4-5-9-21(20)24-22(25(23)16-18-6-2-1-3-7-18)15-12-17-10-13-19(14-11-17)26(28)29/h1-15H,16H2. The molecule has 3 aromatic carbocycles. The van der Waals surface area contributed by atoms with E-state index < -0.39 is 4.92 Å². The van der Waals surface area contributed by atoms with E-state index in [2.05, 4.69) is 4.98 Å². The lowest BCUT2D eigenvalue weighted by molar-refractivity contribution is -0.384. The van der Waals surface area contributed by atoms with Gasteiger partial charge in [0.05, 0.1) is 22.4 Å². The van der Waals surface area contributed by atoms with Crippen molar-refractivity contribution in [1.29, 1.82) is 0 Å². The summed E-state index contributed by atoms with van der Waals surface area (Å²) in [6, 6.07) is 23.2. The molecule has 1 aromatic heterocycles. The molecule has 142 valence electrons. The lowest BCUT2D eigenvalue weighted by Crippen LogP contribution is -2.24. The van der Waals surface area contributed by atoms with E-state index in [-0.39, 0.29) is 11.2 Å². The molecule has 0 unspecified atom stereocenters. The van der Waals surface area contributed by atoms with Crippen molar-refractivity contribution >= 4 is 28.7 Å². The van der Waals surface area contributed by atoms with E-state index in [9.17, 15) is 14.9 Å².